The third-order valence-corrected chi connectivity index (χ3v) is 4.73. The van der Waals surface area contributed by atoms with E-state index in [-0.39, 0.29) is 12.4 Å². The molecule has 0 aliphatic carbocycles. The first-order valence-corrected chi connectivity index (χ1v) is 7.69. The quantitative estimate of drug-likeness (QED) is 0.888. The van der Waals surface area contributed by atoms with E-state index < -0.39 is 11.1 Å². The summed E-state index contributed by atoms with van der Waals surface area (Å²) in [7, 11) is 1.95. The monoisotopic (exact) mass is 343 g/mol. The first-order valence-electron chi connectivity index (χ1n) is 6.88. The number of halogens is 4. The topological polar surface area (TPSA) is 28.2 Å². The molecule has 1 fully saturated rings. The Balaban J connectivity index is 0.00000220. The van der Waals surface area contributed by atoms with Crippen molar-refractivity contribution >= 4 is 23.7 Å². The lowest BCUT2D eigenvalue weighted by Crippen LogP contribution is -2.34. The maximum absolute atomic E-state index is 12.5. The number of nitrogens with one attached hydrogen (secondary N) is 1. The normalized spacial score (nSPS) is 17.7. The summed E-state index contributed by atoms with van der Waals surface area (Å²) < 4.78 is 37.5. The number of alkyl halides is 3. The Morgan fingerprint density at radius 3 is 2.57 bits per heavy atom. The Hall–Kier alpha value is -0.370. The molecule has 1 aliphatic heterocycles. The molecule has 0 amide bonds. The minimum Gasteiger partial charge on any atom is -0.320 e. The summed E-state index contributed by atoms with van der Waals surface area (Å²) in [5.74, 6) is 0.737. The molecule has 2 rings (SSSR count). The van der Waals surface area contributed by atoms with Gasteiger partial charge < -0.3 is 5.32 Å². The van der Waals surface area contributed by atoms with Gasteiger partial charge in [-0.25, -0.2) is 4.98 Å². The Morgan fingerprint density at radius 1 is 1.38 bits per heavy atom. The van der Waals surface area contributed by atoms with Crippen LogP contribution in [-0.4, -0.2) is 36.6 Å². The van der Waals surface area contributed by atoms with Gasteiger partial charge in [0.15, 0.2) is 0 Å². The van der Waals surface area contributed by atoms with Crippen LogP contribution in [-0.2, 0) is 12.7 Å². The molecule has 0 unspecified atom stereocenters. The van der Waals surface area contributed by atoms with Gasteiger partial charge >= 0.3 is 6.18 Å². The molecule has 1 aromatic rings. The predicted octanol–water partition coefficient (Wildman–Crippen LogP) is 3.41. The van der Waals surface area contributed by atoms with Crippen molar-refractivity contribution in [3.8, 4) is 0 Å². The second-order valence-electron chi connectivity index (χ2n) is 5.23. The third kappa shape index (κ3) is 5.73. The summed E-state index contributed by atoms with van der Waals surface area (Å²) in [4.78, 5) is 5.49. The lowest BCUT2D eigenvalue weighted by Gasteiger charge is -2.31. The first-order chi connectivity index (χ1) is 9.49. The average Bonchev–Trinajstić information content (AvgIpc) is 2.86. The Bertz CT molecular complexity index is 417. The van der Waals surface area contributed by atoms with Crippen molar-refractivity contribution in [1.29, 1.82) is 0 Å². The fraction of sp³-hybridized carbons (Fsp3) is 0.769. The Kier molecular flexibility index (Phi) is 7.39. The summed E-state index contributed by atoms with van der Waals surface area (Å²) in [6.45, 7) is 3.48. The molecule has 0 atom stereocenters. The van der Waals surface area contributed by atoms with Crippen molar-refractivity contribution in [2.75, 3.05) is 26.7 Å². The van der Waals surface area contributed by atoms with Crippen molar-refractivity contribution < 1.29 is 13.2 Å². The fourth-order valence-electron chi connectivity index (χ4n) is 2.49. The van der Waals surface area contributed by atoms with E-state index in [9.17, 15) is 13.2 Å². The van der Waals surface area contributed by atoms with Crippen LogP contribution in [0.1, 0.15) is 29.1 Å². The second-order valence-corrected chi connectivity index (χ2v) is 6.34. The van der Waals surface area contributed by atoms with Gasteiger partial charge in [0, 0.05) is 0 Å². The van der Waals surface area contributed by atoms with E-state index in [1.54, 1.807) is 0 Å². The van der Waals surface area contributed by atoms with Crippen LogP contribution in [0.5, 0.6) is 0 Å². The SMILES string of the molecule is CNCCC1CCN(Cc2ncc(C(F)(F)F)s2)CC1.Cl. The third-order valence-electron chi connectivity index (χ3n) is 3.70. The van der Waals surface area contributed by atoms with E-state index in [0.29, 0.717) is 11.6 Å². The molecule has 8 heteroatoms. The van der Waals surface area contributed by atoms with Gasteiger partial charge in [-0.05, 0) is 51.9 Å². The van der Waals surface area contributed by atoms with Gasteiger partial charge in [-0.15, -0.1) is 23.7 Å². The van der Waals surface area contributed by atoms with Crippen LogP contribution in [0, 0.1) is 5.92 Å². The van der Waals surface area contributed by atoms with Crippen LogP contribution in [0.2, 0.25) is 0 Å². The summed E-state index contributed by atoms with van der Waals surface area (Å²) in [6, 6.07) is 0. The molecule has 1 saturated heterocycles. The second kappa shape index (κ2) is 8.31. The molecule has 21 heavy (non-hydrogen) atoms. The number of aromatic nitrogens is 1. The molecular weight excluding hydrogens is 323 g/mol. The maximum Gasteiger partial charge on any atom is 0.427 e. The van der Waals surface area contributed by atoms with Crippen LogP contribution in [0.4, 0.5) is 13.2 Å². The zero-order valence-corrected chi connectivity index (χ0v) is 13.6. The molecule has 0 radical (unpaired) electrons. The van der Waals surface area contributed by atoms with Crippen molar-refractivity contribution in [2.24, 2.45) is 5.92 Å². The van der Waals surface area contributed by atoms with E-state index in [1.807, 2.05) is 7.05 Å². The number of hydrogen-bond acceptors (Lipinski definition) is 4. The summed E-state index contributed by atoms with van der Waals surface area (Å²) in [5, 5.41) is 3.72. The molecule has 0 spiro atoms. The van der Waals surface area contributed by atoms with Gasteiger partial charge in [0.2, 0.25) is 0 Å². The highest BCUT2D eigenvalue weighted by molar-refractivity contribution is 7.11. The Labute approximate surface area is 133 Å². The highest BCUT2D eigenvalue weighted by Gasteiger charge is 2.33. The van der Waals surface area contributed by atoms with Gasteiger partial charge in [-0.3, -0.25) is 4.90 Å². The zero-order valence-electron chi connectivity index (χ0n) is 11.9. The lowest BCUT2D eigenvalue weighted by atomic mass is 9.93. The molecule has 0 bridgehead atoms. The average molecular weight is 344 g/mol. The highest BCUT2D eigenvalue weighted by Crippen LogP contribution is 2.34. The number of hydrogen-bond donors (Lipinski definition) is 1. The number of piperidine rings is 1. The predicted molar refractivity (Wildman–Crippen MR) is 80.9 cm³/mol. The van der Waals surface area contributed by atoms with Crippen LogP contribution in [0.3, 0.4) is 0 Å². The minimum absolute atomic E-state index is 0. The van der Waals surface area contributed by atoms with Crippen LogP contribution in [0.15, 0.2) is 6.20 Å². The molecule has 2 heterocycles. The van der Waals surface area contributed by atoms with E-state index in [2.05, 4.69) is 15.2 Å². The summed E-state index contributed by atoms with van der Waals surface area (Å²) >= 11 is 0.760. The van der Waals surface area contributed by atoms with E-state index in [4.69, 9.17) is 0 Å². The number of nitrogens with zero attached hydrogens (tertiary/aromatic N) is 2. The van der Waals surface area contributed by atoms with Gasteiger partial charge in [-0.1, -0.05) is 0 Å². The van der Waals surface area contributed by atoms with E-state index in [0.717, 1.165) is 55.9 Å². The number of likely N-dealkylation sites (tertiary alicyclic amines) is 1. The van der Waals surface area contributed by atoms with Crippen molar-refractivity contribution in [3.63, 3.8) is 0 Å². The first kappa shape index (κ1) is 18.7. The molecule has 3 nitrogen and oxygen atoms in total. The molecule has 0 saturated carbocycles. The number of rotatable bonds is 5. The zero-order chi connectivity index (χ0) is 14.6. The van der Waals surface area contributed by atoms with Crippen LogP contribution < -0.4 is 5.32 Å². The van der Waals surface area contributed by atoms with E-state index >= 15 is 0 Å². The van der Waals surface area contributed by atoms with Gasteiger partial charge in [0.1, 0.15) is 9.88 Å². The maximum atomic E-state index is 12.5. The highest BCUT2D eigenvalue weighted by atomic mass is 35.5. The minimum atomic E-state index is -4.27. The van der Waals surface area contributed by atoms with Crippen molar-refractivity contribution in [3.05, 3.63) is 16.1 Å². The van der Waals surface area contributed by atoms with Crippen LogP contribution >= 0.6 is 23.7 Å². The van der Waals surface area contributed by atoms with Crippen molar-refractivity contribution in [1.82, 2.24) is 15.2 Å². The van der Waals surface area contributed by atoms with Crippen molar-refractivity contribution in [2.45, 2.75) is 32.0 Å². The molecule has 122 valence electrons. The molecule has 0 aromatic carbocycles. The Morgan fingerprint density at radius 2 is 2.05 bits per heavy atom. The summed E-state index contributed by atoms with van der Waals surface area (Å²) in [5.41, 5.74) is 0. The largest absolute Gasteiger partial charge is 0.427 e. The smallest absolute Gasteiger partial charge is 0.320 e. The summed E-state index contributed by atoms with van der Waals surface area (Å²) in [6.07, 6.45) is 0.105. The molecule has 1 aromatic heterocycles. The van der Waals surface area contributed by atoms with Crippen LogP contribution in [0.25, 0.3) is 0 Å². The molecule has 1 aliphatic rings. The van der Waals surface area contributed by atoms with Gasteiger partial charge in [-0.2, -0.15) is 13.2 Å². The standard InChI is InChI=1S/C13H20F3N3S.ClH/c1-17-5-2-10-3-6-19(7-4-10)9-12-18-8-11(20-12)13(14,15)16;/h8,10,17H,2-7,9H2,1H3;1H. The van der Waals surface area contributed by atoms with E-state index in [1.165, 1.54) is 6.42 Å². The molecular formula is C13H21ClF3N3S. The van der Waals surface area contributed by atoms with Gasteiger partial charge in [0.25, 0.3) is 0 Å². The van der Waals surface area contributed by atoms with Gasteiger partial charge in [0.05, 0.1) is 12.7 Å². The lowest BCUT2D eigenvalue weighted by molar-refractivity contribution is -0.134. The molecule has 1 N–H and O–H groups in total. The number of thiazole rings is 1. The fourth-order valence-corrected chi connectivity index (χ4v) is 3.31.